The van der Waals surface area contributed by atoms with Gasteiger partial charge in [0.2, 0.25) is 0 Å². The fourth-order valence-electron chi connectivity index (χ4n) is 0.777. The maximum Gasteiger partial charge on any atom is 0.0666 e. The number of rotatable bonds is 6. The van der Waals surface area contributed by atoms with Crippen molar-refractivity contribution < 1.29 is 0 Å². The Morgan fingerprint density at radius 1 is 1.50 bits per heavy atom. The van der Waals surface area contributed by atoms with Crippen molar-refractivity contribution in [2.45, 2.75) is 26.8 Å². The van der Waals surface area contributed by atoms with Gasteiger partial charge in [-0.1, -0.05) is 6.92 Å². The predicted octanol–water partition coefficient (Wildman–Crippen LogP) is 1.88. The molecule has 0 saturated heterocycles. The van der Waals surface area contributed by atoms with E-state index in [0.717, 1.165) is 12.3 Å². The van der Waals surface area contributed by atoms with Crippen molar-refractivity contribution in [3.05, 3.63) is 0 Å². The van der Waals surface area contributed by atoms with Crippen LogP contribution in [-0.2, 0) is 0 Å². The van der Waals surface area contributed by atoms with Crippen LogP contribution in [0.15, 0.2) is 0 Å². The molecule has 0 spiro atoms. The Morgan fingerprint density at radius 2 is 2.17 bits per heavy atom. The van der Waals surface area contributed by atoms with Gasteiger partial charge in [-0.15, -0.1) is 0 Å². The molecule has 12 heavy (non-hydrogen) atoms. The van der Waals surface area contributed by atoms with Crippen LogP contribution in [0.5, 0.6) is 0 Å². The summed E-state index contributed by atoms with van der Waals surface area (Å²) < 4.78 is 0. The van der Waals surface area contributed by atoms with Gasteiger partial charge in [0.15, 0.2) is 0 Å². The fraction of sp³-hybridized carbons (Fsp3) is 0.889. The third-order valence-electron chi connectivity index (χ3n) is 1.56. The van der Waals surface area contributed by atoms with E-state index in [1.165, 1.54) is 5.75 Å². The molecule has 0 aliphatic heterocycles. The van der Waals surface area contributed by atoms with Gasteiger partial charge in [-0.2, -0.15) is 17.0 Å². The first-order valence-corrected chi connectivity index (χ1v) is 5.56. The largest absolute Gasteiger partial charge is 0.312 e. The van der Waals surface area contributed by atoms with Crippen LogP contribution < -0.4 is 5.32 Å². The molecule has 0 aromatic heterocycles. The monoisotopic (exact) mass is 186 g/mol. The lowest BCUT2D eigenvalue weighted by molar-refractivity contribution is 0.543. The summed E-state index contributed by atoms with van der Waals surface area (Å²) in [7, 11) is 0. The Morgan fingerprint density at radius 3 is 2.67 bits per heavy atom. The van der Waals surface area contributed by atoms with E-state index in [4.69, 9.17) is 5.26 Å². The zero-order valence-electron chi connectivity index (χ0n) is 8.13. The van der Waals surface area contributed by atoms with Crippen LogP contribution in [0.4, 0.5) is 0 Å². The molecule has 0 aliphatic carbocycles. The molecule has 2 nitrogen and oxygen atoms in total. The zero-order chi connectivity index (χ0) is 9.40. The van der Waals surface area contributed by atoms with Gasteiger partial charge in [0, 0.05) is 18.3 Å². The number of nitrogens with zero attached hydrogens (tertiary/aromatic N) is 1. The maximum atomic E-state index is 8.53. The van der Waals surface area contributed by atoms with E-state index in [0.29, 0.717) is 6.04 Å². The summed E-state index contributed by atoms with van der Waals surface area (Å²) in [4.78, 5) is 0. The third kappa shape index (κ3) is 6.51. The SMILES string of the molecule is CCSCC(C)NCC(C)C#N. The van der Waals surface area contributed by atoms with E-state index in [2.05, 4.69) is 25.2 Å². The number of nitriles is 1. The van der Waals surface area contributed by atoms with Crippen molar-refractivity contribution >= 4 is 11.8 Å². The summed E-state index contributed by atoms with van der Waals surface area (Å²) in [6.07, 6.45) is 0. The lowest BCUT2D eigenvalue weighted by Crippen LogP contribution is -2.31. The molecule has 0 saturated carbocycles. The highest BCUT2D eigenvalue weighted by atomic mass is 32.2. The Kier molecular flexibility index (Phi) is 7.33. The molecule has 3 heteroatoms. The average Bonchev–Trinajstić information content (AvgIpc) is 2.10. The van der Waals surface area contributed by atoms with E-state index in [-0.39, 0.29) is 5.92 Å². The minimum atomic E-state index is 0.124. The summed E-state index contributed by atoms with van der Waals surface area (Å²) in [5.74, 6) is 2.42. The normalized spacial score (nSPS) is 15.2. The second kappa shape index (κ2) is 7.45. The molecule has 0 aliphatic rings. The molecule has 0 amide bonds. The lowest BCUT2D eigenvalue weighted by Gasteiger charge is -2.13. The average molecular weight is 186 g/mol. The Balaban J connectivity index is 3.31. The first-order chi connectivity index (χ1) is 5.70. The van der Waals surface area contributed by atoms with Crippen molar-refractivity contribution in [3.8, 4) is 6.07 Å². The van der Waals surface area contributed by atoms with Crippen LogP contribution >= 0.6 is 11.8 Å². The summed E-state index contributed by atoms with van der Waals surface area (Å²) in [6.45, 7) is 7.07. The van der Waals surface area contributed by atoms with E-state index in [1.54, 1.807) is 0 Å². The summed E-state index contributed by atoms with van der Waals surface area (Å²) in [5, 5.41) is 11.9. The van der Waals surface area contributed by atoms with Crippen molar-refractivity contribution in [2.24, 2.45) is 5.92 Å². The van der Waals surface area contributed by atoms with Crippen molar-refractivity contribution in [1.29, 1.82) is 5.26 Å². The third-order valence-corrected chi connectivity index (χ3v) is 2.71. The molecule has 70 valence electrons. The number of hydrogen-bond donors (Lipinski definition) is 1. The first kappa shape index (κ1) is 11.8. The summed E-state index contributed by atoms with van der Waals surface area (Å²) in [6, 6.07) is 2.73. The van der Waals surface area contributed by atoms with Crippen molar-refractivity contribution in [1.82, 2.24) is 5.32 Å². The molecule has 2 atom stereocenters. The van der Waals surface area contributed by atoms with Gasteiger partial charge in [-0.3, -0.25) is 0 Å². The quantitative estimate of drug-likeness (QED) is 0.688. The molecular weight excluding hydrogens is 168 g/mol. The van der Waals surface area contributed by atoms with Gasteiger partial charge < -0.3 is 5.32 Å². The molecule has 0 bridgehead atoms. The van der Waals surface area contributed by atoms with E-state index >= 15 is 0 Å². The molecule has 0 aromatic carbocycles. The van der Waals surface area contributed by atoms with Crippen LogP contribution in [0.3, 0.4) is 0 Å². The standard InChI is InChI=1S/C9H18N2S/c1-4-12-7-9(3)11-6-8(2)5-10/h8-9,11H,4,6-7H2,1-3H3. The van der Waals surface area contributed by atoms with Crippen molar-refractivity contribution in [2.75, 3.05) is 18.1 Å². The van der Waals surface area contributed by atoms with Gasteiger partial charge in [0.25, 0.3) is 0 Å². The maximum absolute atomic E-state index is 8.53. The Hall–Kier alpha value is -0.200. The van der Waals surface area contributed by atoms with Gasteiger partial charge >= 0.3 is 0 Å². The zero-order valence-corrected chi connectivity index (χ0v) is 8.95. The molecule has 0 rings (SSSR count). The smallest absolute Gasteiger partial charge is 0.0666 e. The molecule has 2 unspecified atom stereocenters. The highest BCUT2D eigenvalue weighted by molar-refractivity contribution is 7.99. The minimum absolute atomic E-state index is 0.124. The first-order valence-electron chi connectivity index (χ1n) is 4.41. The fourth-order valence-corrected chi connectivity index (χ4v) is 1.48. The molecule has 0 aromatic rings. The second-order valence-electron chi connectivity index (χ2n) is 3.00. The molecule has 0 fully saturated rings. The topological polar surface area (TPSA) is 35.8 Å². The van der Waals surface area contributed by atoms with Gasteiger partial charge in [0.05, 0.1) is 12.0 Å². The highest BCUT2D eigenvalue weighted by Gasteiger charge is 2.03. The van der Waals surface area contributed by atoms with Crippen LogP contribution in [-0.4, -0.2) is 24.1 Å². The van der Waals surface area contributed by atoms with Crippen LogP contribution in [0, 0.1) is 17.2 Å². The Labute approximate surface area is 79.7 Å². The summed E-state index contributed by atoms with van der Waals surface area (Å²) in [5.41, 5.74) is 0. The van der Waals surface area contributed by atoms with E-state index < -0.39 is 0 Å². The van der Waals surface area contributed by atoms with Crippen molar-refractivity contribution in [3.63, 3.8) is 0 Å². The Bertz CT molecular complexity index is 142. The number of nitrogens with one attached hydrogen (secondary N) is 1. The van der Waals surface area contributed by atoms with Gasteiger partial charge in [-0.05, 0) is 19.6 Å². The minimum Gasteiger partial charge on any atom is -0.312 e. The number of thioether (sulfide) groups is 1. The van der Waals surface area contributed by atoms with E-state index in [9.17, 15) is 0 Å². The van der Waals surface area contributed by atoms with Crippen LogP contribution in [0.25, 0.3) is 0 Å². The van der Waals surface area contributed by atoms with Crippen LogP contribution in [0.1, 0.15) is 20.8 Å². The lowest BCUT2D eigenvalue weighted by atomic mass is 10.2. The highest BCUT2D eigenvalue weighted by Crippen LogP contribution is 2.01. The predicted molar refractivity (Wildman–Crippen MR) is 55.2 cm³/mol. The second-order valence-corrected chi connectivity index (χ2v) is 4.32. The molecule has 1 N–H and O–H groups in total. The molecule has 0 heterocycles. The van der Waals surface area contributed by atoms with Gasteiger partial charge in [-0.25, -0.2) is 0 Å². The molecular formula is C9H18N2S. The molecule has 0 radical (unpaired) electrons. The van der Waals surface area contributed by atoms with Crippen LogP contribution in [0.2, 0.25) is 0 Å². The number of hydrogen-bond acceptors (Lipinski definition) is 3. The summed E-state index contributed by atoms with van der Waals surface area (Å²) >= 11 is 1.93. The van der Waals surface area contributed by atoms with Gasteiger partial charge in [0.1, 0.15) is 0 Å². The van der Waals surface area contributed by atoms with E-state index in [1.807, 2.05) is 18.7 Å².